The quantitative estimate of drug-likeness (QED) is 0.477. The van der Waals surface area contributed by atoms with Crippen LogP contribution in [0.5, 0.6) is 0 Å². The molecule has 0 radical (unpaired) electrons. The molecule has 32 heavy (non-hydrogen) atoms. The molecule has 4 aromatic rings. The van der Waals surface area contributed by atoms with Crippen molar-refractivity contribution in [1.29, 1.82) is 0 Å². The molecule has 1 aliphatic rings. The van der Waals surface area contributed by atoms with E-state index in [-0.39, 0.29) is 6.04 Å². The molecular weight excluding hydrogens is 404 g/mol. The van der Waals surface area contributed by atoms with Gasteiger partial charge in [0.05, 0.1) is 24.1 Å². The van der Waals surface area contributed by atoms with Crippen LogP contribution in [0.1, 0.15) is 43.9 Å². The maximum atomic E-state index is 6.10. The minimum absolute atomic E-state index is 0.249. The van der Waals surface area contributed by atoms with E-state index in [1.165, 1.54) is 0 Å². The van der Waals surface area contributed by atoms with E-state index in [9.17, 15) is 0 Å². The van der Waals surface area contributed by atoms with Crippen molar-refractivity contribution in [2.75, 3.05) is 23.3 Å². The first kappa shape index (κ1) is 20.4. The zero-order valence-electron chi connectivity index (χ0n) is 18.4. The number of fused-ring (bicyclic) bond motifs is 1. The van der Waals surface area contributed by atoms with Crippen molar-refractivity contribution in [1.82, 2.24) is 34.3 Å². The van der Waals surface area contributed by atoms with E-state index in [1.807, 2.05) is 35.3 Å². The van der Waals surface area contributed by atoms with Crippen molar-refractivity contribution >= 4 is 17.5 Å². The molecule has 1 aliphatic heterocycles. The number of piperidine rings is 1. The highest BCUT2D eigenvalue weighted by molar-refractivity contribution is 5.56. The van der Waals surface area contributed by atoms with Gasteiger partial charge in [-0.15, -0.1) is 0 Å². The van der Waals surface area contributed by atoms with Gasteiger partial charge in [-0.2, -0.15) is 24.7 Å². The molecule has 3 N–H and O–H groups in total. The summed E-state index contributed by atoms with van der Waals surface area (Å²) in [6, 6.07) is 6.05. The van der Waals surface area contributed by atoms with Crippen LogP contribution in [0.2, 0.25) is 0 Å². The number of hydrogen-bond donors (Lipinski definition) is 2. The van der Waals surface area contributed by atoms with Gasteiger partial charge in [-0.3, -0.25) is 4.98 Å². The van der Waals surface area contributed by atoms with E-state index in [0.29, 0.717) is 24.4 Å². The average molecular weight is 433 g/mol. The Hall–Kier alpha value is -3.53. The Morgan fingerprint density at radius 1 is 1.12 bits per heavy atom. The number of nitrogens with two attached hydrogens (primary N) is 1. The van der Waals surface area contributed by atoms with Crippen molar-refractivity contribution in [2.45, 2.75) is 45.2 Å². The van der Waals surface area contributed by atoms with Crippen molar-refractivity contribution in [3.63, 3.8) is 0 Å². The minimum Gasteiger partial charge on any atom is -0.348 e. The summed E-state index contributed by atoms with van der Waals surface area (Å²) in [5, 5.41) is 12.4. The highest BCUT2D eigenvalue weighted by Crippen LogP contribution is 2.25. The first-order chi connectivity index (χ1) is 15.6. The molecule has 0 bridgehead atoms. The number of nitrogens with zero attached hydrogens (tertiary/aromatic N) is 8. The largest absolute Gasteiger partial charge is 0.348 e. The van der Waals surface area contributed by atoms with Crippen molar-refractivity contribution < 1.29 is 0 Å². The van der Waals surface area contributed by atoms with Gasteiger partial charge in [-0.25, -0.2) is 4.68 Å². The molecule has 5 heterocycles. The third-order valence-corrected chi connectivity index (χ3v) is 5.86. The molecule has 0 aromatic carbocycles. The summed E-state index contributed by atoms with van der Waals surface area (Å²) in [6.45, 7) is 6.48. The lowest BCUT2D eigenvalue weighted by molar-refractivity contribution is 0.495. The third-order valence-electron chi connectivity index (χ3n) is 5.86. The maximum Gasteiger partial charge on any atom is 0.230 e. The molecule has 166 valence electrons. The van der Waals surface area contributed by atoms with Gasteiger partial charge in [0.2, 0.25) is 11.9 Å². The highest BCUT2D eigenvalue weighted by Gasteiger charge is 2.22. The average Bonchev–Trinajstić information content (AvgIpc) is 3.48. The zero-order chi connectivity index (χ0) is 22.1. The molecular formula is C22H28N10. The molecule has 1 fully saturated rings. The topological polar surface area (TPSA) is 115 Å². The summed E-state index contributed by atoms with van der Waals surface area (Å²) in [4.78, 5) is 16.5. The first-order valence-corrected chi connectivity index (χ1v) is 11.0. The van der Waals surface area contributed by atoms with Crippen molar-refractivity contribution in [3.8, 4) is 5.69 Å². The second-order valence-electron chi connectivity index (χ2n) is 8.44. The van der Waals surface area contributed by atoms with Gasteiger partial charge in [0, 0.05) is 43.3 Å². The normalized spacial score (nSPS) is 15.1. The SMILES string of the molecule is CC(C)c1cnn2c(NCc3ncccc3-n3cccn3)nc(N3CCC(N)CC3)nc12. The number of aromatic nitrogens is 7. The summed E-state index contributed by atoms with van der Waals surface area (Å²) in [7, 11) is 0. The lowest BCUT2D eigenvalue weighted by Crippen LogP contribution is -2.40. The van der Waals surface area contributed by atoms with Gasteiger partial charge in [-0.1, -0.05) is 13.8 Å². The molecule has 10 nitrogen and oxygen atoms in total. The Balaban J connectivity index is 1.50. The van der Waals surface area contributed by atoms with E-state index < -0.39 is 0 Å². The van der Waals surface area contributed by atoms with E-state index in [2.05, 4.69) is 39.2 Å². The fraction of sp³-hybridized carbons (Fsp3) is 0.409. The van der Waals surface area contributed by atoms with E-state index in [1.54, 1.807) is 16.9 Å². The predicted octanol–water partition coefficient (Wildman–Crippen LogP) is 2.37. The second kappa shape index (κ2) is 8.54. The van der Waals surface area contributed by atoms with Gasteiger partial charge in [-0.05, 0) is 37.0 Å². The smallest absolute Gasteiger partial charge is 0.230 e. The summed E-state index contributed by atoms with van der Waals surface area (Å²) in [6.07, 6.45) is 9.21. The van der Waals surface area contributed by atoms with Crippen LogP contribution in [0.15, 0.2) is 43.0 Å². The van der Waals surface area contributed by atoms with E-state index in [4.69, 9.17) is 15.7 Å². The molecule has 0 atom stereocenters. The van der Waals surface area contributed by atoms with Crippen LogP contribution in [0.25, 0.3) is 11.3 Å². The third kappa shape index (κ3) is 3.89. The summed E-state index contributed by atoms with van der Waals surface area (Å²) >= 11 is 0. The molecule has 5 rings (SSSR count). The van der Waals surface area contributed by atoms with Gasteiger partial charge < -0.3 is 16.0 Å². The minimum atomic E-state index is 0.249. The molecule has 4 aromatic heterocycles. The Morgan fingerprint density at radius 2 is 1.97 bits per heavy atom. The fourth-order valence-corrected chi connectivity index (χ4v) is 3.99. The van der Waals surface area contributed by atoms with Crippen LogP contribution in [-0.4, -0.2) is 53.5 Å². The summed E-state index contributed by atoms with van der Waals surface area (Å²) < 4.78 is 3.60. The maximum absolute atomic E-state index is 6.10. The Kier molecular flexibility index (Phi) is 5.44. The number of anilines is 2. The van der Waals surface area contributed by atoms with Crippen LogP contribution in [0.4, 0.5) is 11.9 Å². The lowest BCUT2D eigenvalue weighted by atomic mass is 10.1. The van der Waals surface area contributed by atoms with Gasteiger partial charge in [0.15, 0.2) is 5.65 Å². The first-order valence-electron chi connectivity index (χ1n) is 11.0. The molecule has 1 saturated heterocycles. The van der Waals surface area contributed by atoms with Crippen LogP contribution < -0.4 is 16.0 Å². The molecule has 0 amide bonds. The van der Waals surface area contributed by atoms with Crippen LogP contribution in [0.3, 0.4) is 0 Å². The molecule has 0 saturated carbocycles. The number of nitrogens with one attached hydrogen (secondary N) is 1. The van der Waals surface area contributed by atoms with Crippen LogP contribution >= 0.6 is 0 Å². The molecule has 0 spiro atoms. The number of rotatable bonds is 6. The lowest BCUT2D eigenvalue weighted by Gasteiger charge is -2.30. The Labute approximate surface area is 186 Å². The highest BCUT2D eigenvalue weighted by atomic mass is 15.4. The van der Waals surface area contributed by atoms with Crippen molar-refractivity contribution in [3.05, 3.63) is 54.2 Å². The van der Waals surface area contributed by atoms with Gasteiger partial charge >= 0.3 is 0 Å². The van der Waals surface area contributed by atoms with Crippen molar-refractivity contribution in [2.24, 2.45) is 5.73 Å². The Morgan fingerprint density at radius 3 is 2.72 bits per heavy atom. The van der Waals surface area contributed by atoms with E-state index >= 15 is 0 Å². The van der Waals surface area contributed by atoms with Crippen LogP contribution in [-0.2, 0) is 6.54 Å². The standard InChI is InChI=1S/C22H28N10/c1-15(2)17-13-27-32-20(17)28-22(30-11-6-16(23)7-12-30)29-21(32)25-14-18-19(5-3-8-24-18)31-10-4-9-26-31/h3-5,8-10,13,15-16H,6-7,11-12,14,23H2,1-2H3,(H,25,28,29). The summed E-state index contributed by atoms with van der Waals surface area (Å²) in [5.74, 6) is 1.66. The number of hydrogen-bond acceptors (Lipinski definition) is 8. The fourth-order valence-electron chi connectivity index (χ4n) is 3.99. The second-order valence-corrected chi connectivity index (χ2v) is 8.44. The monoisotopic (exact) mass is 432 g/mol. The van der Waals surface area contributed by atoms with E-state index in [0.717, 1.165) is 48.5 Å². The predicted molar refractivity (Wildman–Crippen MR) is 123 cm³/mol. The number of pyridine rings is 1. The molecule has 10 heteroatoms. The Bertz CT molecular complexity index is 1190. The molecule has 0 aliphatic carbocycles. The van der Waals surface area contributed by atoms with Gasteiger partial charge in [0.25, 0.3) is 0 Å². The summed E-state index contributed by atoms with van der Waals surface area (Å²) in [5.41, 5.74) is 9.81. The zero-order valence-corrected chi connectivity index (χ0v) is 18.4. The van der Waals surface area contributed by atoms with Crippen LogP contribution in [0, 0.1) is 0 Å². The van der Waals surface area contributed by atoms with Gasteiger partial charge in [0.1, 0.15) is 0 Å². The molecule has 0 unspecified atom stereocenters.